The van der Waals surface area contributed by atoms with Crippen LogP contribution in [0.4, 0.5) is 0 Å². The fraction of sp³-hybridized carbons (Fsp3) is 0.200. The van der Waals surface area contributed by atoms with Crippen molar-refractivity contribution >= 4 is 46.0 Å². The number of benzene rings is 1. The summed E-state index contributed by atoms with van der Waals surface area (Å²) in [6, 6.07) is 7.33. The Morgan fingerprint density at radius 3 is 2.48 bits per heavy atom. The first-order chi connectivity index (χ1) is 9.99. The molecule has 21 heavy (non-hydrogen) atoms. The minimum absolute atomic E-state index is 0.299. The molecule has 0 aliphatic heterocycles. The Kier molecular flexibility index (Phi) is 3.82. The number of aryl methyl sites for hydroxylation is 1. The lowest BCUT2D eigenvalue weighted by atomic mass is 10.3. The molecular weight excluding hydrogens is 329 g/mol. The second kappa shape index (κ2) is 5.48. The molecule has 0 spiro atoms. The molecule has 0 amide bonds. The third kappa shape index (κ3) is 2.50. The average molecular weight is 341 g/mol. The number of fused-ring (bicyclic) bond motifs is 1. The first-order valence-corrected chi connectivity index (χ1v) is 7.61. The van der Waals surface area contributed by atoms with Crippen LogP contribution in [0.1, 0.15) is 23.7 Å². The number of para-hydroxylation sites is 1. The van der Waals surface area contributed by atoms with Crippen molar-refractivity contribution in [2.24, 2.45) is 0 Å². The molecule has 2 heterocycles. The minimum Gasteiger partial charge on any atom is -0.276 e. The molecule has 0 saturated carbocycles. The van der Waals surface area contributed by atoms with Crippen molar-refractivity contribution in [1.29, 1.82) is 0 Å². The van der Waals surface area contributed by atoms with Crippen molar-refractivity contribution in [2.75, 3.05) is 0 Å². The van der Waals surface area contributed by atoms with Gasteiger partial charge in [0.25, 0.3) is 0 Å². The SMILES string of the molecule is Cc1cnc2c(c1)nc(C(C)Cl)n2-c1c(Cl)cccc1Cl. The molecule has 3 nitrogen and oxygen atoms in total. The predicted octanol–water partition coefficient (Wildman–Crippen LogP) is 5.34. The van der Waals surface area contributed by atoms with Crippen LogP contribution >= 0.6 is 34.8 Å². The van der Waals surface area contributed by atoms with E-state index in [-0.39, 0.29) is 5.38 Å². The van der Waals surface area contributed by atoms with Gasteiger partial charge in [0.15, 0.2) is 5.65 Å². The largest absolute Gasteiger partial charge is 0.276 e. The summed E-state index contributed by atoms with van der Waals surface area (Å²) in [4.78, 5) is 9.05. The van der Waals surface area contributed by atoms with Crippen LogP contribution in [-0.2, 0) is 0 Å². The van der Waals surface area contributed by atoms with Gasteiger partial charge in [-0.05, 0) is 37.6 Å². The Morgan fingerprint density at radius 2 is 1.86 bits per heavy atom. The van der Waals surface area contributed by atoms with E-state index in [1.807, 2.05) is 24.5 Å². The Morgan fingerprint density at radius 1 is 1.19 bits per heavy atom. The van der Waals surface area contributed by atoms with E-state index in [4.69, 9.17) is 34.8 Å². The van der Waals surface area contributed by atoms with Crippen molar-refractivity contribution in [3.63, 3.8) is 0 Å². The first kappa shape index (κ1) is 14.6. The van der Waals surface area contributed by atoms with E-state index in [0.717, 1.165) is 11.1 Å². The molecule has 6 heteroatoms. The summed E-state index contributed by atoms with van der Waals surface area (Å²) in [5.74, 6) is 0.666. The van der Waals surface area contributed by atoms with Gasteiger partial charge in [-0.2, -0.15) is 0 Å². The van der Waals surface area contributed by atoms with E-state index in [9.17, 15) is 0 Å². The van der Waals surface area contributed by atoms with Gasteiger partial charge >= 0.3 is 0 Å². The number of imidazole rings is 1. The molecule has 1 atom stereocenters. The smallest absolute Gasteiger partial charge is 0.164 e. The molecule has 108 valence electrons. The summed E-state index contributed by atoms with van der Waals surface area (Å²) in [7, 11) is 0. The van der Waals surface area contributed by atoms with Gasteiger partial charge in [0.05, 0.1) is 21.1 Å². The molecule has 0 aliphatic carbocycles. The molecule has 0 N–H and O–H groups in total. The third-order valence-corrected chi connectivity index (χ3v) is 3.98. The molecule has 3 rings (SSSR count). The van der Waals surface area contributed by atoms with Crippen LogP contribution in [-0.4, -0.2) is 14.5 Å². The summed E-state index contributed by atoms with van der Waals surface area (Å²) < 4.78 is 1.83. The lowest BCUT2D eigenvalue weighted by Gasteiger charge is -2.13. The summed E-state index contributed by atoms with van der Waals surface area (Å²) in [6.45, 7) is 3.83. The number of hydrogen-bond acceptors (Lipinski definition) is 2. The zero-order valence-corrected chi connectivity index (χ0v) is 13.7. The fourth-order valence-electron chi connectivity index (χ4n) is 2.27. The predicted molar refractivity (Wildman–Crippen MR) is 87.9 cm³/mol. The zero-order chi connectivity index (χ0) is 15.1. The van der Waals surface area contributed by atoms with Crippen molar-refractivity contribution in [3.05, 3.63) is 51.9 Å². The van der Waals surface area contributed by atoms with Crippen LogP contribution in [0, 0.1) is 6.92 Å². The number of nitrogens with zero attached hydrogens (tertiary/aromatic N) is 3. The highest BCUT2D eigenvalue weighted by Gasteiger charge is 2.20. The van der Waals surface area contributed by atoms with Gasteiger partial charge in [0, 0.05) is 6.20 Å². The molecule has 0 bridgehead atoms. The van der Waals surface area contributed by atoms with Crippen LogP contribution in [0.3, 0.4) is 0 Å². The molecule has 1 aromatic carbocycles. The van der Waals surface area contributed by atoms with Gasteiger partial charge in [0.2, 0.25) is 0 Å². The number of rotatable bonds is 2. The standard InChI is InChI=1S/C15H12Cl3N3/c1-8-6-12-15(19-7-8)21(14(20-12)9(2)16)13-10(17)4-3-5-11(13)18/h3-7,9H,1-2H3. The Labute approximate surface area is 137 Å². The van der Waals surface area contributed by atoms with Gasteiger partial charge in [-0.1, -0.05) is 29.3 Å². The van der Waals surface area contributed by atoms with Crippen LogP contribution in [0.15, 0.2) is 30.5 Å². The lowest BCUT2D eigenvalue weighted by Crippen LogP contribution is -2.04. The molecular formula is C15H12Cl3N3. The topological polar surface area (TPSA) is 30.7 Å². The Bertz CT molecular complexity index is 804. The molecule has 0 saturated heterocycles. The van der Waals surface area contributed by atoms with E-state index in [0.29, 0.717) is 27.2 Å². The second-order valence-corrected chi connectivity index (χ2v) is 6.32. The Balaban J connectivity index is 2.42. The highest BCUT2D eigenvalue weighted by Crippen LogP contribution is 2.34. The zero-order valence-electron chi connectivity index (χ0n) is 11.4. The van der Waals surface area contributed by atoms with Crippen molar-refractivity contribution in [3.8, 4) is 5.69 Å². The van der Waals surface area contributed by atoms with E-state index < -0.39 is 0 Å². The van der Waals surface area contributed by atoms with Crippen LogP contribution in [0.5, 0.6) is 0 Å². The molecule has 2 aromatic heterocycles. The highest BCUT2D eigenvalue weighted by molar-refractivity contribution is 6.37. The lowest BCUT2D eigenvalue weighted by molar-refractivity contribution is 0.877. The molecule has 0 radical (unpaired) electrons. The summed E-state index contributed by atoms with van der Waals surface area (Å²) in [5, 5.41) is 0.761. The maximum Gasteiger partial charge on any atom is 0.164 e. The van der Waals surface area contributed by atoms with E-state index in [1.54, 1.807) is 24.4 Å². The number of hydrogen-bond donors (Lipinski definition) is 0. The van der Waals surface area contributed by atoms with Crippen LogP contribution in [0.2, 0.25) is 10.0 Å². The summed E-state index contributed by atoms with van der Waals surface area (Å²) in [5.41, 5.74) is 3.15. The maximum atomic E-state index is 6.33. The number of alkyl halides is 1. The molecule has 1 unspecified atom stereocenters. The van der Waals surface area contributed by atoms with E-state index in [1.165, 1.54) is 0 Å². The van der Waals surface area contributed by atoms with Crippen molar-refractivity contribution in [1.82, 2.24) is 14.5 Å². The number of halogens is 3. The fourth-order valence-corrected chi connectivity index (χ4v) is 2.99. The third-order valence-electron chi connectivity index (χ3n) is 3.18. The van der Waals surface area contributed by atoms with Crippen molar-refractivity contribution < 1.29 is 0 Å². The van der Waals surface area contributed by atoms with Gasteiger partial charge in [0.1, 0.15) is 11.3 Å². The number of pyridine rings is 1. The van der Waals surface area contributed by atoms with Crippen molar-refractivity contribution in [2.45, 2.75) is 19.2 Å². The molecule has 0 aliphatic rings. The van der Waals surface area contributed by atoms with E-state index in [2.05, 4.69) is 9.97 Å². The van der Waals surface area contributed by atoms with Crippen LogP contribution in [0.25, 0.3) is 16.9 Å². The monoisotopic (exact) mass is 339 g/mol. The van der Waals surface area contributed by atoms with Crippen LogP contribution < -0.4 is 0 Å². The summed E-state index contributed by atoms with van der Waals surface area (Å²) in [6.07, 6.45) is 1.79. The van der Waals surface area contributed by atoms with Gasteiger partial charge in [-0.15, -0.1) is 11.6 Å². The average Bonchev–Trinajstić information content (AvgIpc) is 2.77. The highest BCUT2D eigenvalue weighted by atomic mass is 35.5. The second-order valence-electron chi connectivity index (χ2n) is 4.85. The number of aromatic nitrogens is 3. The summed E-state index contributed by atoms with van der Waals surface area (Å²) >= 11 is 18.9. The molecule has 3 aromatic rings. The Hall–Kier alpha value is -1.29. The minimum atomic E-state index is -0.299. The maximum absolute atomic E-state index is 6.33. The van der Waals surface area contributed by atoms with Gasteiger partial charge < -0.3 is 0 Å². The van der Waals surface area contributed by atoms with Gasteiger partial charge in [-0.25, -0.2) is 9.97 Å². The molecule has 0 fully saturated rings. The first-order valence-electron chi connectivity index (χ1n) is 6.42. The normalized spacial score (nSPS) is 12.8. The van der Waals surface area contributed by atoms with Gasteiger partial charge in [-0.3, -0.25) is 4.57 Å². The van der Waals surface area contributed by atoms with E-state index >= 15 is 0 Å². The quantitative estimate of drug-likeness (QED) is 0.590.